The van der Waals surface area contributed by atoms with Crippen LogP contribution in [0.15, 0.2) is 54.7 Å². The molecule has 3 aromatic rings. The largest absolute Gasteiger partial charge is 0.377 e. The fourth-order valence-electron chi connectivity index (χ4n) is 3.83. The molecule has 6 nitrogen and oxygen atoms in total. The molecule has 1 saturated heterocycles. The fourth-order valence-corrected chi connectivity index (χ4v) is 3.83. The van der Waals surface area contributed by atoms with E-state index in [2.05, 4.69) is 24.0 Å². The molecule has 1 aromatic carbocycles. The second-order valence-corrected chi connectivity index (χ2v) is 7.03. The smallest absolute Gasteiger partial charge is 0.273 e. The van der Waals surface area contributed by atoms with Crippen molar-refractivity contribution in [1.82, 2.24) is 19.7 Å². The standard InChI is InChI=1S/C22H24N4O2/c1-16-21(17(2)26(24-16)14-18-8-4-3-5-9-18)20-15-28-13-12-25(20)22(27)19-10-6-7-11-23-19/h3-11,20H,12-15H2,1-2H3/t20-/m1/s1. The summed E-state index contributed by atoms with van der Waals surface area (Å²) in [5.74, 6) is -0.0662. The number of morpholine rings is 1. The molecule has 0 bridgehead atoms. The van der Waals surface area contributed by atoms with Gasteiger partial charge in [0.05, 0.1) is 31.5 Å². The molecule has 1 atom stereocenters. The third-order valence-electron chi connectivity index (χ3n) is 5.22. The van der Waals surface area contributed by atoms with E-state index in [1.807, 2.05) is 46.8 Å². The lowest BCUT2D eigenvalue weighted by atomic mass is 10.0. The Morgan fingerprint density at radius 1 is 1.14 bits per heavy atom. The number of rotatable bonds is 4. The van der Waals surface area contributed by atoms with Gasteiger partial charge in [0.1, 0.15) is 5.69 Å². The number of aryl methyl sites for hydroxylation is 1. The third kappa shape index (κ3) is 3.55. The number of carbonyl (C=O) groups is 1. The van der Waals surface area contributed by atoms with Gasteiger partial charge in [0.15, 0.2) is 0 Å². The molecular weight excluding hydrogens is 352 g/mol. The summed E-state index contributed by atoms with van der Waals surface area (Å²) in [5, 5.41) is 4.75. The Morgan fingerprint density at radius 2 is 1.93 bits per heavy atom. The van der Waals surface area contributed by atoms with Gasteiger partial charge in [0, 0.05) is 24.0 Å². The first kappa shape index (κ1) is 18.4. The molecular formula is C22H24N4O2. The number of hydrogen-bond donors (Lipinski definition) is 0. The quantitative estimate of drug-likeness (QED) is 0.702. The van der Waals surface area contributed by atoms with Crippen molar-refractivity contribution in [2.24, 2.45) is 0 Å². The van der Waals surface area contributed by atoms with Crippen LogP contribution in [0.2, 0.25) is 0 Å². The summed E-state index contributed by atoms with van der Waals surface area (Å²) in [6.45, 7) is 6.32. The molecule has 1 aliphatic rings. The van der Waals surface area contributed by atoms with Crippen molar-refractivity contribution in [3.63, 3.8) is 0 Å². The lowest BCUT2D eigenvalue weighted by molar-refractivity contribution is -0.00336. The Balaban J connectivity index is 1.65. The van der Waals surface area contributed by atoms with Gasteiger partial charge in [-0.05, 0) is 31.5 Å². The molecule has 0 saturated carbocycles. The lowest BCUT2D eigenvalue weighted by Crippen LogP contribution is -2.44. The predicted octanol–water partition coefficient (Wildman–Crippen LogP) is 3.16. The number of amides is 1. The Labute approximate surface area is 164 Å². The van der Waals surface area contributed by atoms with Crippen LogP contribution in [-0.4, -0.2) is 45.3 Å². The molecule has 1 aliphatic heterocycles. The van der Waals surface area contributed by atoms with Crippen molar-refractivity contribution in [1.29, 1.82) is 0 Å². The summed E-state index contributed by atoms with van der Waals surface area (Å²) in [5.41, 5.74) is 4.72. The zero-order valence-corrected chi connectivity index (χ0v) is 16.2. The molecule has 0 N–H and O–H groups in total. The van der Waals surface area contributed by atoms with Crippen molar-refractivity contribution in [2.45, 2.75) is 26.4 Å². The second kappa shape index (κ2) is 7.94. The van der Waals surface area contributed by atoms with E-state index in [1.165, 1.54) is 5.56 Å². The fraction of sp³-hybridized carbons (Fsp3) is 0.318. The van der Waals surface area contributed by atoms with Gasteiger partial charge in [-0.3, -0.25) is 14.5 Å². The summed E-state index contributed by atoms with van der Waals surface area (Å²) in [7, 11) is 0. The summed E-state index contributed by atoms with van der Waals surface area (Å²) in [6.07, 6.45) is 1.65. The van der Waals surface area contributed by atoms with E-state index in [-0.39, 0.29) is 11.9 Å². The van der Waals surface area contributed by atoms with Gasteiger partial charge >= 0.3 is 0 Å². The van der Waals surface area contributed by atoms with Gasteiger partial charge in [0.2, 0.25) is 0 Å². The Morgan fingerprint density at radius 3 is 2.68 bits per heavy atom. The summed E-state index contributed by atoms with van der Waals surface area (Å²) in [6, 6.07) is 15.5. The van der Waals surface area contributed by atoms with Gasteiger partial charge < -0.3 is 9.64 Å². The Kier molecular flexibility index (Phi) is 5.21. The normalized spacial score (nSPS) is 16.9. The maximum absolute atomic E-state index is 13.1. The SMILES string of the molecule is Cc1nn(Cc2ccccc2)c(C)c1[C@H]1COCCN1C(=O)c1ccccn1. The summed E-state index contributed by atoms with van der Waals surface area (Å²) >= 11 is 0. The molecule has 1 amide bonds. The molecule has 1 fully saturated rings. The topological polar surface area (TPSA) is 60.2 Å². The van der Waals surface area contributed by atoms with E-state index in [0.29, 0.717) is 32.0 Å². The number of carbonyl (C=O) groups excluding carboxylic acids is 1. The van der Waals surface area contributed by atoms with E-state index >= 15 is 0 Å². The zero-order chi connectivity index (χ0) is 19.5. The first-order chi connectivity index (χ1) is 13.6. The zero-order valence-electron chi connectivity index (χ0n) is 16.2. The van der Waals surface area contributed by atoms with Crippen LogP contribution < -0.4 is 0 Å². The van der Waals surface area contributed by atoms with Gasteiger partial charge in [0.25, 0.3) is 5.91 Å². The number of nitrogens with zero attached hydrogens (tertiary/aromatic N) is 4. The van der Waals surface area contributed by atoms with Crippen molar-refractivity contribution in [2.75, 3.05) is 19.8 Å². The van der Waals surface area contributed by atoms with Crippen LogP contribution in [-0.2, 0) is 11.3 Å². The monoisotopic (exact) mass is 376 g/mol. The lowest BCUT2D eigenvalue weighted by Gasteiger charge is -2.35. The molecule has 0 radical (unpaired) electrons. The first-order valence-electron chi connectivity index (χ1n) is 9.52. The molecule has 0 unspecified atom stereocenters. The minimum Gasteiger partial charge on any atom is -0.377 e. The average molecular weight is 376 g/mol. The van der Waals surface area contributed by atoms with Crippen LogP contribution in [0, 0.1) is 13.8 Å². The number of hydrogen-bond acceptors (Lipinski definition) is 4. The van der Waals surface area contributed by atoms with Crippen molar-refractivity contribution in [3.8, 4) is 0 Å². The predicted molar refractivity (Wildman–Crippen MR) is 106 cm³/mol. The first-order valence-corrected chi connectivity index (χ1v) is 9.52. The molecule has 2 aromatic heterocycles. The van der Waals surface area contributed by atoms with E-state index in [4.69, 9.17) is 9.84 Å². The highest BCUT2D eigenvalue weighted by atomic mass is 16.5. The van der Waals surface area contributed by atoms with Gasteiger partial charge in [-0.1, -0.05) is 36.4 Å². The third-order valence-corrected chi connectivity index (χ3v) is 5.22. The van der Waals surface area contributed by atoms with Gasteiger partial charge in [-0.2, -0.15) is 5.10 Å². The number of benzene rings is 1. The number of aromatic nitrogens is 3. The Bertz CT molecular complexity index is 953. The van der Waals surface area contributed by atoms with Crippen molar-refractivity contribution >= 4 is 5.91 Å². The maximum atomic E-state index is 13.1. The molecule has 4 rings (SSSR count). The maximum Gasteiger partial charge on any atom is 0.273 e. The summed E-state index contributed by atoms with van der Waals surface area (Å²) in [4.78, 5) is 19.2. The van der Waals surface area contributed by atoms with E-state index < -0.39 is 0 Å². The molecule has 6 heteroatoms. The van der Waals surface area contributed by atoms with Crippen LogP contribution in [0.3, 0.4) is 0 Å². The van der Waals surface area contributed by atoms with Crippen LogP contribution in [0.4, 0.5) is 0 Å². The minimum atomic E-state index is -0.159. The minimum absolute atomic E-state index is 0.0662. The van der Waals surface area contributed by atoms with Gasteiger partial charge in [-0.25, -0.2) is 0 Å². The van der Waals surface area contributed by atoms with Crippen molar-refractivity contribution in [3.05, 3.63) is 82.9 Å². The van der Waals surface area contributed by atoms with Crippen LogP contribution in [0.25, 0.3) is 0 Å². The number of ether oxygens (including phenoxy) is 1. The molecule has 0 aliphatic carbocycles. The molecule has 28 heavy (non-hydrogen) atoms. The molecule has 144 valence electrons. The summed E-state index contributed by atoms with van der Waals surface area (Å²) < 4.78 is 7.75. The molecule has 3 heterocycles. The molecule has 0 spiro atoms. The van der Waals surface area contributed by atoms with Crippen LogP contribution in [0.5, 0.6) is 0 Å². The van der Waals surface area contributed by atoms with E-state index in [9.17, 15) is 4.79 Å². The second-order valence-electron chi connectivity index (χ2n) is 7.03. The highest BCUT2D eigenvalue weighted by molar-refractivity contribution is 5.92. The van der Waals surface area contributed by atoms with E-state index in [0.717, 1.165) is 17.0 Å². The highest BCUT2D eigenvalue weighted by Gasteiger charge is 2.33. The van der Waals surface area contributed by atoms with Crippen molar-refractivity contribution < 1.29 is 9.53 Å². The Hall–Kier alpha value is -2.99. The number of pyridine rings is 1. The van der Waals surface area contributed by atoms with Gasteiger partial charge in [-0.15, -0.1) is 0 Å². The van der Waals surface area contributed by atoms with Crippen LogP contribution in [0.1, 0.15) is 39.0 Å². The van der Waals surface area contributed by atoms with Crippen LogP contribution >= 0.6 is 0 Å². The van der Waals surface area contributed by atoms with E-state index in [1.54, 1.807) is 12.3 Å². The highest BCUT2D eigenvalue weighted by Crippen LogP contribution is 2.30. The average Bonchev–Trinajstić information content (AvgIpc) is 3.01.